The molecule has 29 heavy (non-hydrogen) atoms. The van der Waals surface area contributed by atoms with Crippen LogP contribution in [0.2, 0.25) is 0 Å². The lowest BCUT2D eigenvalue weighted by Crippen LogP contribution is -2.25. The molecule has 0 aliphatic heterocycles. The summed E-state index contributed by atoms with van der Waals surface area (Å²) in [6.07, 6.45) is 2.32. The summed E-state index contributed by atoms with van der Waals surface area (Å²) in [6, 6.07) is 12.7. The Bertz CT molecular complexity index is 954. The van der Waals surface area contributed by atoms with E-state index >= 15 is 0 Å². The van der Waals surface area contributed by atoms with Crippen LogP contribution in [-0.2, 0) is 17.6 Å². The molecule has 0 spiro atoms. The number of methoxy groups -OCH3 is 1. The van der Waals surface area contributed by atoms with E-state index in [2.05, 4.69) is 15.5 Å². The Kier molecular flexibility index (Phi) is 6.94. The smallest absolute Gasteiger partial charge is 0.227 e. The third-order valence-electron chi connectivity index (χ3n) is 4.59. The van der Waals surface area contributed by atoms with Gasteiger partial charge in [-0.05, 0) is 49.1 Å². The SMILES string of the molecule is COc1ccc(CCCNC(=O)CCc2nc(-c3ccc(C)c(F)c3)no2)cc1. The standard InChI is InChI=1S/C22H24FN3O3/c1-15-5-8-17(14-19(15)23)22-25-21(29-26-22)12-11-20(27)24-13-3-4-16-6-9-18(28-2)10-7-16/h5-10,14H,3-4,11-13H2,1-2H3,(H,24,27). The summed E-state index contributed by atoms with van der Waals surface area (Å²) >= 11 is 0. The zero-order valence-corrected chi connectivity index (χ0v) is 16.6. The molecule has 0 bridgehead atoms. The second-order valence-corrected chi connectivity index (χ2v) is 6.78. The first-order chi connectivity index (χ1) is 14.0. The number of aromatic nitrogens is 2. The molecule has 7 heteroatoms. The quantitative estimate of drug-likeness (QED) is 0.555. The first-order valence-corrected chi connectivity index (χ1v) is 9.54. The molecule has 0 saturated heterocycles. The van der Waals surface area contributed by atoms with Gasteiger partial charge in [-0.25, -0.2) is 4.39 Å². The highest BCUT2D eigenvalue weighted by molar-refractivity contribution is 5.76. The van der Waals surface area contributed by atoms with Gasteiger partial charge in [-0.2, -0.15) is 4.98 Å². The number of aryl methyl sites for hydroxylation is 3. The Morgan fingerprint density at radius 1 is 1.17 bits per heavy atom. The fraction of sp³-hybridized carbons (Fsp3) is 0.318. The van der Waals surface area contributed by atoms with Crippen molar-refractivity contribution in [3.05, 3.63) is 65.3 Å². The number of ether oxygens (including phenoxy) is 1. The lowest BCUT2D eigenvalue weighted by Gasteiger charge is -2.05. The van der Waals surface area contributed by atoms with Gasteiger partial charge < -0.3 is 14.6 Å². The Morgan fingerprint density at radius 2 is 1.97 bits per heavy atom. The molecular weight excluding hydrogens is 373 g/mol. The second-order valence-electron chi connectivity index (χ2n) is 6.78. The number of hydrogen-bond acceptors (Lipinski definition) is 5. The van der Waals surface area contributed by atoms with Gasteiger partial charge in [0.05, 0.1) is 7.11 Å². The topological polar surface area (TPSA) is 77.2 Å². The van der Waals surface area contributed by atoms with Gasteiger partial charge in [-0.1, -0.05) is 29.4 Å². The van der Waals surface area contributed by atoms with E-state index in [1.54, 1.807) is 26.2 Å². The molecule has 0 saturated carbocycles. The minimum Gasteiger partial charge on any atom is -0.497 e. The van der Waals surface area contributed by atoms with Crippen LogP contribution in [0.3, 0.4) is 0 Å². The normalized spacial score (nSPS) is 10.7. The minimum absolute atomic E-state index is 0.0686. The van der Waals surface area contributed by atoms with Crippen molar-refractivity contribution in [3.8, 4) is 17.1 Å². The summed E-state index contributed by atoms with van der Waals surface area (Å²) in [4.78, 5) is 16.2. The summed E-state index contributed by atoms with van der Waals surface area (Å²) in [7, 11) is 1.64. The molecule has 0 unspecified atom stereocenters. The number of nitrogens with zero attached hydrogens (tertiary/aromatic N) is 2. The predicted octanol–water partition coefficient (Wildman–Crippen LogP) is 3.87. The number of halogens is 1. The molecule has 1 aromatic heterocycles. The molecule has 0 aliphatic carbocycles. The predicted molar refractivity (Wildman–Crippen MR) is 107 cm³/mol. The Balaban J connectivity index is 1.39. The Hall–Kier alpha value is -3.22. The Morgan fingerprint density at radius 3 is 2.69 bits per heavy atom. The van der Waals surface area contributed by atoms with Crippen molar-refractivity contribution in [1.29, 1.82) is 0 Å². The number of rotatable bonds is 9. The van der Waals surface area contributed by atoms with E-state index in [-0.39, 0.29) is 18.1 Å². The average Bonchev–Trinajstić information content (AvgIpc) is 3.21. The molecule has 1 amide bonds. The van der Waals surface area contributed by atoms with Crippen molar-refractivity contribution in [2.75, 3.05) is 13.7 Å². The summed E-state index contributed by atoms with van der Waals surface area (Å²) in [5.74, 6) is 1.12. The molecule has 3 rings (SSSR count). The number of carbonyl (C=O) groups is 1. The van der Waals surface area contributed by atoms with Crippen LogP contribution >= 0.6 is 0 Å². The molecular formula is C22H24FN3O3. The van der Waals surface area contributed by atoms with Crippen LogP contribution in [0, 0.1) is 12.7 Å². The zero-order valence-electron chi connectivity index (χ0n) is 16.6. The molecule has 0 atom stereocenters. The van der Waals surface area contributed by atoms with Crippen molar-refractivity contribution in [2.45, 2.75) is 32.6 Å². The van der Waals surface area contributed by atoms with Crippen LogP contribution < -0.4 is 10.1 Å². The number of carbonyl (C=O) groups excluding carboxylic acids is 1. The first-order valence-electron chi connectivity index (χ1n) is 9.54. The highest BCUT2D eigenvalue weighted by Gasteiger charge is 2.12. The third kappa shape index (κ3) is 5.88. The first kappa shape index (κ1) is 20.5. The number of nitrogens with one attached hydrogen (secondary N) is 1. The molecule has 1 N–H and O–H groups in total. The van der Waals surface area contributed by atoms with Crippen molar-refractivity contribution in [1.82, 2.24) is 15.5 Å². The molecule has 0 radical (unpaired) electrons. The van der Waals surface area contributed by atoms with Crippen molar-refractivity contribution in [3.63, 3.8) is 0 Å². The second kappa shape index (κ2) is 9.82. The molecule has 2 aromatic carbocycles. The fourth-order valence-electron chi connectivity index (χ4n) is 2.83. The van der Waals surface area contributed by atoms with Gasteiger partial charge >= 0.3 is 0 Å². The van der Waals surface area contributed by atoms with Crippen LogP contribution in [0.4, 0.5) is 4.39 Å². The van der Waals surface area contributed by atoms with E-state index in [4.69, 9.17) is 9.26 Å². The van der Waals surface area contributed by atoms with Gasteiger partial charge in [0.25, 0.3) is 0 Å². The minimum atomic E-state index is -0.317. The third-order valence-corrected chi connectivity index (χ3v) is 4.59. The molecule has 6 nitrogen and oxygen atoms in total. The van der Waals surface area contributed by atoms with E-state index < -0.39 is 0 Å². The number of benzene rings is 2. The van der Waals surface area contributed by atoms with Crippen LogP contribution in [0.15, 0.2) is 47.0 Å². The van der Waals surface area contributed by atoms with Gasteiger partial charge in [0, 0.05) is 24.9 Å². The van der Waals surface area contributed by atoms with E-state index in [0.29, 0.717) is 35.8 Å². The maximum atomic E-state index is 13.7. The van der Waals surface area contributed by atoms with E-state index in [9.17, 15) is 9.18 Å². The lowest BCUT2D eigenvalue weighted by atomic mass is 10.1. The van der Waals surface area contributed by atoms with Gasteiger partial charge in [0.15, 0.2) is 0 Å². The molecule has 0 aliphatic rings. The summed E-state index contributed by atoms with van der Waals surface area (Å²) in [6.45, 7) is 2.29. The highest BCUT2D eigenvalue weighted by atomic mass is 19.1. The van der Waals surface area contributed by atoms with Crippen LogP contribution in [0.25, 0.3) is 11.4 Å². The van der Waals surface area contributed by atoms with Crippen molar-refractivity contribution in [2.24, 2.45) is 0 Å². The van der Waals surface area contributed by atoms with E-state index in [1.165, 1.54) is 11.6 Å². The fourth-order valence-corrected chi connectivity index (χ4v) is 2.83. The summed E-state index contributed by atoms with van der Waals surface area (Å²) < 4.78 is 24.0. The van der Waals surface area contributed by atoms with E-state index in [0.717, 1.165) is 18.6 Å². The van der Waals surface area contributed by atoms with Gasteiger partial charge in [-0.3, -0.25) is 4.79 Å². The van der Waals surface area contributed by atoms with Gasteiger partial charge in [0.2, 0.25) is 17.6 Å². The lowest BCUT2D eigenvalue weighted by molar-refractivity contribution is -0.121. The van der Waals surface area contributed by atoms with Crippen LogP contribution in [-0.4, -0.2) is 29.7 Å². The Labute approximate surface area is 169 Å². The van der Waals surface area contributed by atoms with Crippen molar-refractivity contribution >= 4 is 5.91 Å². The summed E-state index contributed by atoms with van der Waals surface area (Å²) in [5, 5.41) is 6.76. The number of amides is 1. The number of hydrogen-bond donors (Lipinski definition) is 1. The zero-order chi connectivity index (χ0) is 20.6. The molecule has 1 heterocycles. The van der Waals surface area contributed by atoms with Gasteiger partial charge in [0.1, 0.15) is 11.6 Å². The van der Waals surface area contributed by atoms with Crippen molar-refractivity contribution < 1.29 is 18.4 Å². The summed E-state index contributed by atoms with van der Waals surface area (Å²) in [5.41, 5.74) is 2.30. The maximum Gasteiger partial charge on any atom is 0.227 e. The largest absolute Gasteiger partial charge is 0.497 e. The highest BCUT2D eigenvalue weighted by Crippen LogP contribution is 2.19. The molecule has 0 fully saturated rings. The van der Waals surface area contributed by atoms with Gasteiger partial charge in [-0.15, -0.1) is 0 Å². The average molecular weight is 397 g/mol. The van der Waals surface area contributed by atoms with Crippen LogP contribution in [0.1, 0.15) is 29.9 Å². The monoisotopic (exact) mass is 397 g/mol. The molecule has 152 valence electrons. The van der Waals surface area contributed by atoms with Crippen LogP contribution in [0.5, 0.6) is 5.75 Å². The molecule has 3 aromatic rings. The van der Waals surface area contributed by atoms with E-state index in [1.807, 2.05) is 24.3 Å². The maximum absolute atomic E-state index is 13.7.